The van der Waals surface area contributed by atoms with Crippen molar-refractivity contribution >= 4 is 7.82 Å². The van der Waals surface area contributed by atoms with Crippen molar-refractivity contribution < 1.29 is 31.7 Å². The van der Waals surface area contributed by atoms with E-state index in [2.05, 4.69) is 9.05 Å². The zero-order chi connectivity index (χ0) is 15.2. The van der Waals surface area contributed by atoms with Crippen LogP contribution in [0.1, 0.15) is 24.5 Å². The Kier molecular flexibility index (Phi) is 6.20. The van der Waals surface area contributed by atoms with Gasteiger partial charge >= 0.3 is 14.0 Å². The number of aryl methyl sites for hydroxylation is 1. The number of benzene rings is 1. The molecule has 4 nitrogen and oxygen atoms in total. The van der Waals surface area contributed by atoms with Crippen molar-refractivity contribution in [3.05, 3.63) is 35.4 Å². The maximum atomic E-state index is 12.5. The number of phosphoric acid groups is 1. The third kappa shape index (κ3) is 6.05. The van der Waals surface area contributed by atoms with Gasteiger partial charge in [0.05, 0.1) is 18.8 Å². The molecule has 0 spiro atoms. The summed E-state index contributed by atoms with van der Waals surface area (Å²) in [5, 5.41) is 0. The van der Waals surface area contributed by atoms with E-state index >= 15 is 0 Å². The molecule has 0 heterocycles. The molecule has 114 valence electrons. The van der Waals surface area contributed by atoms with E-state index in [4.69, 9.17) is 4.89 Å². The molecule has 0 aliphatic carbocycles. The molecule has 1 atom stereocenters. The smallest absolute Gasteiger partial charge is 0.302 e. The average Bonchev–Trinajstić information content (AvgIpc) is 2.34. The Morgan fingerprint density at radius 3 is 2.60 bits per heavy atom. The van der Waals surface area contributed by atoms with Gasteiger partial charge in [0.15, 0.2) is 0 Å². The molecule has 0 saturated heterocycles. The predicted molar refractivity (Wildman–Crippen MR) is 67.2 cm³/mol. The molecule has 1 N–H and O–H groups in total. The van der Waals surface area contributed by atoms with Crippen LogP contribution in [0.25, 0.3) is 0 Å². The second-order valence-electron chi connectivity index (χ2n) is 4.02. The van der Waals surface area contributed by atoms with E-state index in [1.54, 1.807) is 13.0 Å². The normalized spacial score (nSPS) is 15.1. The molecule has 0 fully saturated rings. The average molecular weight is 312 g/mol. The maximum absolute atomic E-state index is 12.5. The Morgan fingerprint density at radius 1 is 1.30 bits per heavy atom. The number of phosphoric ester groups is 1. The van der Waals surface area contributed by atoms with Crippen molar-refractivity contribution in [2.45, 2.75) is 25.9 Å². The second-order valence-corrected chi connectivity index (χ2v) is 5.47. The summed E-state index contributed by atoms with van der Waals surface area (Å²) < 4.78 is 57.8. The number of hydrogen-bond acceptors (Lipinski definition) is 3. The minimum atomic E-state index is -4.37. The molecule has 0 bridgehead atoms. The van der Waals surface area contributed by atoms with Gasteiger partial charge in [-0.3, -0.25) is 9.05 Å². The minimum Gasteiger partial charge on any atom is -0.302 e. The Balaban J connectivity index is 2.45. The molecule has 0 aromatic heterocycles. The summed E-state index contributed by atoms with van der Waals surface area (Å²) in [5.41, 5.74) is -0.217. The molecule has 0 amide bonds. The summed E-state index contributed by atoms with van der Waals surface area (Å²) in [7, 11) is -4.03. The molecule has 0 aliphatic heterocycles. The van der Waals surface area contributed by atoms with Crippen LogP contribution in [0, 0.1) is 0 Å². The first kappa shape index (κ1) is 17.2. The Bertz CT molecular complexity index is 476. The Morgan fingerprint density at radius 2 is 2.00 bits per heavy atom. The molecule has 1 unspecified atom stereocenters. The highest BCUT2D eigenvalue weighted by molar-refractivity contribution is 7.47. The SMILES string of the molecule is CCOP(=O)(O)OCCCc1cccc(C(F)(F)F)c1. The van der Waals surface area contributed by atoms with E-state index in [9.17, 15) is 17.7 Å². The Labute approximate surface area is 115 Å². The largest absolute Gasteiger partial charge is 0.472 e. The fourth-order valence-electron chi connectivity index (χ4n) is 1.56. The number of alkyl halides is 3. The van der Waals surface area contributed by atoms with Crippen molar-refractivity contribution in [2.75, 3.05) is 13.2 Å². The van der Waals surface area contributed by atoms with Gasteiger partial charge < -0.3 is 4.89 Å². The lowest BCUT2D eigenvalue weighted by Crippen LogP contribution is -2.05. The van der Waals surface area contributed by atoms with Crippen LogP contribution >= 0.6 is 7.82 Å². The highest BCUT2D eigenvalue weighted by Gasteiger charge is 2.30. The van der Waals surface area contributed by atoms with E-state index in [-0.39, 0.29) is 13.2 Å². The number of hydrogen-bond donors (Lipinski definition) is 1. The molecule has 0 aliphatic rings. The first-order chi connectivity index (χ1) is 9.24. The predicted octanol–water partition coefficient (Wildman–Crippen LogP) is 3.79. The van der Waals surface area contributed by atoms with Crippen LogP contribution in [0.2, 0.25) is 0 Å². The number of rotatable bonds is 7. The second kappa shape index (κ2) is 7.22. The van der Waals surface area contributed by atoms with Crippen molar-refractivity contribution in [1.29, 1.82) is 0 Å². The topological polar surface area (TPSA) is 55.8 Å². The van der Waals surface area contributed by atoms with E-state index in [0.29, 0.717) is 18.4 Å². The molecule has 20 heavy (non-hydrogen) atoms. The monoisotopic (exact) mass is 312 g/mol. The van der Waals surface area contributed by atoms with Crippen molar-refractivity contribution in [2.24, 2.45) is 0 Å². The number of halogens is 3. The van der Waals surface area contributed by atoms with E-state index in [1.807, 2.05) is 0 Å². The van der Waals surface area contributed by atoms with Gasteiger partial charge in [-0.25, -0.2) is 4.57 Å². The van der Waals surface area contributed by atoms with E-state index < -0.39 is 19.6 Å². The fraction of sp³-hybridized carbons (Fsp3) is 0.500. The summed E-state index contributed by atoms with van der Waals surface area (Å²) >= 11 is 0. The summed E-state index contributed by atoms with van der Waals surface area (Å²) in [6.07, 6.45) is -3.74. The minimum absolute atomic E-state index is 0.0431. The molecular weight excluding hydrogens is 296 g/mol. The maximum Gasteiger partial charge on any atom is 0.472 e. The van der Waals surface area contributed by atoms with Crippen molar-refractivity contribution in [1.82, 2.24) is 0 Å². The lowest BCUT2D eigenvalue weighted by molar-refractivity contribution is -0.137. The van der Waals surface area contributed by atoms with Gasteiger partial charge in [0.25, 0.3) is 0 Å². The highest BCUT2D eigenvalue weighted by atomic mass is 31.2. The van der Waals surface area contributed by atoms with Crippen LogP contribution in [-0.4, -0.2) is 18.1 Å². The van der Waals surface area contributed by atoms with Crippen molar-refractivity contribution in [3.8, 4) is 0 Å². The zero-order valence-electron chi connectivity index (χ0n) is 10.9. The zero-order valence-corrected chi connectivity index (χ0v) is 11.8. The van der Waals surface area contributed by atoms with Gasteiger partial charge in [-0.05, 0) is 31.4 Å². The molecule has 1 aromatic rings. The van der Waals surface area contributed by atoms with Gasteiger partial charge in [0.1, 0.15) is 0 Å². The van der Waals surface area contributed by atoms with Crippen LogP contribution in [0.15, 0.2) is 24.3 Å². The summed E-state index contributed by atoms with van der Waals surface area (Å²) in [4.78, 5) is 9.12. The van der Waals surface area contributed by atoms with Crippen LogP contribution in [0.3, 0.4) is 0 Å². The standard InChI is InChI=1S/C12H16F3O4P/c1-2-18-20(16,17)19-8-4-6-10-5-3-7-11(9-10)12(13,14)15/h3,5,7,9H,2,4,6,8H2,1H3,(H,16,17). The molecule has 1 aromatic carbocycles. The highest BCUT2D eigenvalue weighted by Crippen LogP contribution is 2.42. The Hall–Kier alpha value is -0.880. The van der Waals surface area contributed by atoms with Gasteiger partial charge in [-0.1, -0.05) is 18.2 Å². The summed E-state index contributed by atoms with van der Waals surface area (Å²) in [6, 6.07) is 4.95. The third-order valence-electron chi connectivity index (χ3n) is 2.41. The summed E-state index contributed by atoms with van der Waals surface area (Å²) in [6.45, 7) is 1.53. The third-order valence-corrected chi connectivity index (χ3v) is 3.50. The van der Waals surface area contributed by atoms with Crippen LogP contribution < -0.4 is 0 Å². The first-order valence-corrected chi connectivity index (χ1v) is 7.52. The molecule has 0 radical (unpaired) electrons. The molecule has 1 rings (SSSR count). The molecule has 8 heteroatoms. The van der Waals surface area contributed by atoms with Gasteiger partial charge in [0, 0.05) is 0 Å². The lowest BCUT2D eigenvalue weighted by atomic mass is 10.1. The van der Waals surface area contributed by atoms with Crippen LogP contribution in [-0.2, 0) is 26.2 Å². The lowest BCUT2D eigenvalue weighted by Gasteiger charge is -2.11. The van der Waals surface area contributed by atoms with E-state index in [0.717, 1.165) is 12.1 Å². The quantitative estimate of drug-likeness (QED) is 0.615. The fourth-order valence-corrected chi connectivity index (χ4v) is 2.32. The van der Waals surface area contributed by atoms with Gasteiger partial charge in [-0.2, -0.15) is 13.2 Å². The van der Waals surface area contributed by atoms with Gasteiger partial charge in [0.2, 0.25) is 0 Å². The first-order valence-electron chi connectivity index (χ1n) is 6.02. The van der Waals surface area contributed by atoms with E-state index in [1.165, 1.54) is 6.07 Å². The van der Waals surface area contributed by atoms with Crippen LogP contribution in [0.4, 0.5) is 13.2 Å². The molecular formula is C12H16F3O4P. The van der Waals surface area contributed by atoms with Crippen LogP contribution in [0.5, 0.6) is 0 Å². The molecule has 0 saturated carbocycles. The summed E-state index contributed by atoms with van der Waals surface area (Å²) in [5.74, 6) is 0. The van der Waals surface area contributed by atoms with Crippen molar-refractivity contribution in [3.63, 3.8) is 0 Å². The van der Waals surface area contributed by atoms with Gasteiger partial charge in [-0.15, -0.1) is 0 Å².